The van der Waals surface area contributed by atoms with E-state index in [0.29, 0.717) is 6.42 Å². The highest BCUT2D eigenvalue weighted by Crippen LogP contribution is 2.18. The maximum absolute atomic E-state index is 11.1. The van der Waals surface area contributed by atoms with Gasteiger partial charge in [0.2, 0.25) is 0 Å². The Morgan fingerprint density at radius 2 is 2.06 bits per heavy atom. The summed E-state index contributed by atoms with van der Waals surface area (Å²) in [4.78, 5) is 0. The fourth-order valence-electron chi connectivity index (χ4n) is 1.77. The summed E-state index contributed by atoms with van der Waals surface area (Å²) in [5.41, 5.74) is 3.91. The zero-order valence-electron chi connectivity index (χ0n) is 10.4. The summed E-state index contributed by atoms with van der Waals surface area (Å²) in [6, 6.07) is 8.04. The number of nitrogens with two attached hydrogens (primary N) is 1. The second-order valence-electron chi connectivity index (χ2n) is 4.43. The van der Waals surface area contributed by atoms with Crippen LogP contribution in [0.4, 0.5) is 0 Å². The first-order valence-corrected chi connectivity index (χ1v) is 8.65. The minimum atomic E-state index is -2.89. The normalized spacial score (nSPS) is 13.5. The van der Waals surface area contributed by atoms with E-state index in [0.717, 1.165) is 17.3 Å². The van der Waals surface area contributed by atoms with Crippen molar-refractivity contribution in [3.63, 3.8) is 0 Å². The first kappa shape index (κ1) is 15.6. The van der Waals surface area contributed by atoms with Gasteiger partial charge in [-0.05, 0) is 30.9 Å². The highest BCUT2D eigenvalue weighted by molar-refractivity contribution is 9.10. The molecular weight excluding hydrogens is 316 g/mol. The van der Waals surface area contributed by atoms with Gasteiger partial charge in [0.25, 0.3) is 0 Å². The monoisotopic (exact) mass is 334 g/mol. The number of hydrazine groups is 1. The predicted octanol–water partition coefficient (Wildman–Crippen LogP) is 1.65. The third-order valence-corrected chi connectivity index (χ3v) is 4.53. The third kappa shape index (κ3) is 5.95. The molecule has 0 amide bonds. The topological polar surface area (TPSA) is 72.2 Å². The molecule has 3 N–H and O–H groups in total. The molecule has 18 heavy (non-hydrogen) atoms. The molecule has 0 radical (unpaired) electrons. The fraction of sp³-hybridized carbons (Fsp3) is 0.500. The Hall–Kier alpha value is -0.430. The van der Waals surface area contributed by atoms with Crippen molar-refractivity contribution in [1.82, 2.24) is 5.43 Å². The van der Waals surface area contributed by atoms with Crippen LogP contribution in [-0.2, 0) is 16.3 Å². The molecule has 0 bridgehead atoms. The van der Waals surface area contributed by atoms with Crippen molar-refractivity contribution in [2.45, 2.75) is 25.3 Å². The molecule has 102 valence electrons. The molecule has 0 heterocycles. The van der Waals surface area contributed by atoms with Crippen molar-refractivity contribution in [2.24, 2.45) is 5.84 Å². The molecule has 0 spiro atoms. The Kier molecular flexibility index (Phi) is 6.28. The number of halogens is 1. The van der Waals surface area contributed by atoms with Crippen LogP contribution in [0.25, 0.3) is 0 Å². The third-order valence-electron chi connectivity index (χ3n) is 2.73. The van der Waals surface area contributed by atoms with E-state index >= 15 is 0 Å². The summed E-state index contributed by atoms with van der Waals surface area (Å²) in [5.74, 6) is 5.72. The molecule has 0 aliphatic carbocycles. The van der Waals surface area contributed by atoms with E-state index in [-0.39, 0.29) is 11.8 Å². The quantitative estimate of drug-likeness (QED) is 0.587. The van der Waals surface area contributed by atoms with Crippen LogP contribution < -0.4 is 11.3 Å². The SMILES string of the molecule is CS(=O)(=O)CCCC(Cc1ccccc1Br)NN. The Morgan fingerprint density at radius 3 is 2.61 bits per heavy atom. The summed E-state index contributed by atoms with van der Waals surface area (Å²) >= 11 is 3.49. The average molecular weight is 335 g/mol. The van der Waals surface area contributed by atoms with Gasteiger partial charge in [-0.15, -0.1) is 0 Å². The van der Waals surface area contributed by atoms with Gasteiger partial charge in [-0.3, -0.25) is 11.3 Å². The Balaban J connectivity index is 2.50. The van der Waals surface area contributed by atoms with Gasteiger partial charge in [0.05, 0.1) is 0 Å². The van der Waals surface area contributed by atoms with Crippen LogP contribution in [0.3, 0.4) is 0 Å². The number of hydrogen-bond acceptors (Lipinski definition) is 4. The van der Waals surface area contributed by atoms with Crippen LogP contribution in [-0.4, -0.2) is 26.5 Å². The maximum atomic E-state index is 11.1. The molecule has 1 atom stereocenters. The number of hydrogen-bond donors (Lipinski definition) is 2. The van der Waals surface area contributed by atoms with E-state index in [1.807, 2.05) is 24.3 Å². The molecule has 1 aromatic carbocycles. The predicted molar refractivity (Wildman–Crippen MR) is 77.9 cm³/mol. The lowest BCUT2D eigenvalue weighted by Gasteiger charge is -2.16. The second-order valence-corrected chi connectivity index (χ2v) is 7.55. The molecule has 0 aliphatic rings. The average Bonchev–Trinajstić information content (AvgIpc) is 2.29. The Morgan fingerprint density at radius 1 is 1.39 bits per heavy atom. The van der Waals surface area contributed by atoms with Crippen molar-refractivity contribution in [2.75, 3.05) is 12.0 Å². The number of sulfone groups is 1. The van der Waals surface area contributed by atoms with Crippen molar-refractivity contribution in [3.05, 3.63) is 34.3 Å². The van der Waals surface area contributed by atoms with Crippen molar-refractivity contribution >= 4 is 25.8 Å². The van der Waals surface area contributed by atoms with Crippen molar-refractivity contribution < 1.29 is 8.42 Å². The Bertz CT molecular complexity index is 477. The summed E-state index contributed by atoms with van der Waals surface area (Å²) in [7, 11) is -2.89. The Labute approximate surface area is 117 Å². The molecule has 0 fully saturated rings. The van der Waals surface area contributed by atoms with Crippen LogP contribution in [0.1, 0.15) is 18.4 Å². The minimum Gasteiger partial charge on any atom is -0.271 e. The van der Waals surface area contributed by atoms with E-state index in [1.54, 1.807) is 0 Å². The van der Waals surface area contributed by atoms with Gasteiger partial charge in [-0.25, -0.2) is 8.42 Å². The lowest BCUT2D eigenvalue weighted by atomic mass is 10.0. The van der Waals surface area contributed by atoms with Crippen molar-refractivity contribution in [3.8, 4) is 0 Å². The molecule has 4 nitrogen and oxygen atoms in total. The summed E-state index contributed by atoms with van der Waals surface area (Å²) in [6.07, 6.45) is 3.40. The van der Waals surface area contributed by atoms with E-state index in [4.69, 9.17) is 5.84 Å². The van der Waals surface area contributed by atoms with E-state index < -0.39 is 9.84 Å². The smallest absolute Gasteiger partial charge is 0.147 e. The summed E-state index contributed by atoms with van der Waals surface area (Å²) in [6.45, 7) is 0. The number of nitrogens with one attached hydrogen (secondary N) is 1. The molecule has 1 rings (SSSR count). The van der Waals surface area contributed by atoms with Crippen LogP contribution in [0, 0.1) is 0 Å². The molecule has 6 heteroatoms. The fourth-order valence-corrected chi connectivity index (χ4v) is 2.90. The summed E-state index contributed by atoms with van der Waals surface area (Å²) in [5, 5.41) is 0. The van der Waals surface area contributed by atoms with Gasteiger partial charge >= 0.3 is 0 Å². The molecule has 0 aliphatic heterocycles. The standard InChI is InChI=1S/C12H19BrN2O2S/c1-18(16,17)8-4-6-11(15-14)9-10-5-2-3-7-12(10)13/h2-3,5,7,11,15H,4,6,8-9,14H2,1H3. The molecule has 0 saturated carbocycles. The van der Waals surface area contributed by atoms with Crippen LogP contribution in [0.5, 0.6) is 0 Å². The van der Waals surface area contributed by atoms with Crippen LogP contribution in [0.2, 0.25) is 0 Å². The zero-order chi connectivity index (χ0) is 13.6. The highest BCUT2D eigenvalue weighted by Gasteiger charge is 2.11. The van der Waals surface area contributed by atoms with Crippen molar-refractivity contribution in [1.29, 1.82) is 0 Å². The lowest BCUT2D eigenvalue weighted by molar-refractivity contribution is 0.484. The minimum absolute atomic E-state index is 0.0884. The largest absolute Gasteiger partial charge is 0.271 e. The first-order valence-electron chi connectivity index (χ1n) is 5.79. The number of benzene rings is 1. The highest BCUT2D eigenvalue weighted by atomic mass is 79.9. The maximum Gasteiger partial charge on any atom is 0.147 e. The summed E-state index contributed by atoms with van der Waals surface area (Å²) < 4.78 is 23.2. The number of rotatable bonds is 7. The molecule has 1 aromatic rings. The van der Waals surface area contributed by atoms with Gasteiger partial charge in [0, 0.05) is 22.5 Å². The zero-order valence-corrected chi connectivity index (χ0v) is 12.8. The molecule has 0 aromatic heterocycles. The van der Waals surface area contributed by atoms with Crippen LogP contribution in [0.15, 0.2) is 28.7 Å². The van der Waals surface area contributed by atoms with Gasteiger partial charge in [-0.2, -0.15) is 0 Å². The van der Waals surface area contributed by atoms with Gasteiger partial charge < -0.3 is 0 Å². The van der Waals surface area contributed by atoms with Crippen LogP contribution >= 0.6 is 15.9 Å². The van der Waals surface area contributed by atoms with Gasteiger partial charge in [-0.1, -0.05) is 34.1 Å². The second kappa shape index (κ2) is 7.23. The van der Waals surface area contributed by atoms with E-state index in [2.05, 4.69) is 21.4 Å². The van der Waals surface area contributed by atoms with E-state index in [1.165, 1.54) is 11.8 Å². The van der Waals surface area contributed by atoms with E-state index in [9.17, 15) is 8.42 Å². The first-order chi connectivity index (χ1) is 8.42. The van der Waals surface area contributed by atoms with Gasteiger partial charge in [0.1, 0.15) is 9.84 Å². The molecule has 0 saturated heterocycles. The molecule has 1 unspecified atom stereocenters. The molecular formula is C12H19BrN2O2S. The lowest BCUT2D eigenvalue weighted by Crippen LogP contribution is -2.37. The van der Waals surface area contributed by atoms with Gasteiger partial charge in [0.15, 0.2) is 0 Å².